The number of aliphatic carboxylic acids is 1. The number of carbonyl (C=O) groups excluding carboxylic acids is 2. The molecule has 6 N–H and O–H groups in total. The number of amides is 2. The number of H-pyrrole nitrogens is 1. The number of carbonyl (C=O) groups is 3. The van der Waals surface area contributed by atoms with Gasteiger partial charge < -0.3 is 49.6 Å². The average Bonchev–Trinajstić information content (AvgIpc) is 3.74. The lowest BCUT2D eigenvalue weighted by Gasteiger charge is -2.19. The first-order chi connectivity index (χ1) is 28.8. The molecule has 2 aromatic heterocycles. The fraction of sp³-hybridized carbons (Fsp3) is 0.488. The molecule has 328 valence electrons. The summed E-state index contributed by atoms with van der Waals surface area (Å²) in [6, 6.07) is 6.42. The van der Waals surface area contributed by atoms with Gasteiger partial charge in [-0.3, -0.25) is 19.2 Å². The first kappa shape index (κ1) is 47.3. The van der Waals surface area contributed by atoms with Crippen molar-refractivity contribution in [1.82, 2.24) is 29.9 Å². The van der Waals surface area contributed by atoms with Crippen molar-refractivity contribution in [1.29, 1.82) is 0 Å². The van der Waals surface area contributed by atoms with Crippen molar-refractivity contribution in [2.45, 2.75) is 70.4 Å². The fourth-order valence-corrected chi connectivity index (χ4v) is 7.82. The van der Waals surface area contributed by atoms with Gasteiger partial charge in [-0.15, -0.1) is 0 Å². The maximum Gasteiger partial charge on any atom is 0.323 e. The zero-order chi connectivity index (χ0) is 43.5. The number of hydrogen-bond donors (Lipinski definition) is 6. The summed E-state index contributed by atoms with van der Waals surface area (Å²) >= 11 is 0. The topological polar surface area (TPSA) is 241 Å². The summed E-state index contributed by atoms with van der Waals surface area (Å²) in [6.07, 6.45) is 8.11. The van der Waals surface area contributed by atoms with Gasteiger partial charge in [-0.05, 0) is 74.1 Å². The summed E-state index contributed by atoms with van der Waals surface area (Å²) < 4.78 is 53.0. The number of carboxylic acids is 1. The van der Waals surface area contributed by atoms with Crippen molar-refractivity contribution in [3.8, 4) is 5.75 Å². The van der Waals surface area contributed by atoms with Gasteiger partial charge in [0.1, 0.15) is 17.4 Å². The highest BCUT2D eigenvalue weighted by Crippen LogP contribution is 2.26. The lowest BCUT2D eigenvalue weighted by molar-refractivity contribution is -0.138. The van der Waals surface area contributed by atoms with Crippen molar-refractivity contribution >= 4 is 44.7 Å². The maximum absolute atomic E-state index is 13.5. The standard InChI is InChI=1S/C41H57N7O11S/c1-5-6-15-56-18-20-58-21-19-57-16-8-12-42-36(49)9-7-17-59-31-22-28(2)38(29(3)23-31)60(54,55)47-34(40(52)53)26-45-39(51)33-27-48(4)35-24-30(10-11-32(35)37(33)50)25-46-41-43-13-14-44-41/h10-11,13-14,22-24,27,34,47H,5-9,12,15-21,25-26H2,1-4H3,(H,42,49)(H,45,51)(H,52,53)(H2,43,44,46)/t34-/m0/s1. The average molecular weight is 856 g/mol. The number of benzene rings is 2. The summed E-state index contributed by atoms with van der Waals surface area (Å²) in [5.41, 5.74) is 1.23. The molecule has 0 aliphatic carbocycles. The van der Waals surface area contributed by atoms with E-state index in [1.165, 1.54) is 18.3 Å². The summed E-state index contributed by atoms with van der Waals surface area (Å²) in [7, 11) is -2.74. The van der Waals surface area contributed by atoms with E-state index in [9.17, 15) is 32.7 Å². The minimum absolute atomic E-state index is 0.126. The van der Waals surface area contributed by atoms with Crippen LogP contribution in [0.15, 0.2) is 58.6 Å². The number of imidazole rings is 1. The van der Waals surface area contributed by atoms with Crippen LogP contribution in [0.4, 0.5) is 5.95 Å². The Morgan fingerprint density at radius 2 is 1.60 bits per heavy atom. The van der Waals surface area contributed by atoms with Crippen LogP contribution in [0, 0.1) is 13.8 Å². The molecule has 0 saturated heterocycles. The normalized spacial score (nSPS) is 12.0. The molecule has 1 atom stereocenters. The van der Waals surface area contributed by atoms with Crippen molar-refractivity contribution in [2.24, 2.45) is 7.05 Å². The second kappa shape index (κ2) is 24.0. The van der Waals surface area contributed by atoms with Crippen LogP contribution in [0.5, 0.6) is 5.75 Å². The van der Waals surface area contributed by atoms with E-state index in [2.05, 4.69) is 37.6 Å². The van der Waals surface area contributed by atoms with Crippen LogP contribution < -0.4 is 30.8 Å². The Labute approximate surface area is 349 Å². The van der Waals surface area contributed by atoms with E-state index < -0.39 is 39.9 Å². The third-order valence-electron chi connectivity index (χ3n) is 9.21. The minimum atomic E-state index is -4.41. The number of aromatic nitrogens is 3. The van der Waals surface area contributed by atoms with E-state index in [1.807, 2.05) is 0 Å². The number of aromatic amines is 1. The third kappa shape index (κ3) is 14.7. The molecule has 0 saturated carbocycles. The lowest BCUT2D eigenvalue weighted by atomic mass is 10.1. The predicted octanol–water partition coefficient (Wildman–Crippen LogP) is 3.17. The maximum atomic E-state index is 13.5. The Hall–Kier alpha value is -5.34. The summed E-state index contributed by atoms with van der Waals surface area (Å²) in [6.45, 7) is 8.99. The van der Waals surface area contributed by atoms with Crippen LogP contribution in [0.1, 0.15) is 66.1 Å². The predicted molar refractivity (Wildman–Crippen MR) is 225 cm³/mol. The van der Waals surface area contributed by atoms with Gasteiger partial charge in [0.05, 0.1) is 43.4 Å². The van der Waals surface area contributed by atoms with Gasteiger partial charge in [-0.25, -0.2) is 13.4 Å². The smallest absolute Gasteiger partial charge is 0.323 e. The van der Waals surface area contributed by atoms with E-state index >= 15 is 0 Å². The van der Waals surface area contributed by atoms with Gasteiger partial charge in [0, 0.05) is 70.3 Å². The SMILES string of the molecule is CCCCOCCOCCOCCCNC(=O)CCCOc1cc(C)c(S(=O)(=O)N[C@@H](CNC(=O)c2cn(C)c3cc(CNc4ncc[nH]4)ccc3c2=O)C(=O)O)c(C)c1. The lowest BCUT2D eigenvalue weighted by Crippen LogP contribution is -2.49. The zero-order valence-corrected chi connectivity index (χ0v) is 35.5. The molecule has 2 heterocycles. The van der Waals surface area contributed by atoms with Crippen LogP contribution >= 0.6 is 0 Å². The van der Waals surface area contributed by atoms with E-state index in [0.717, 1.165) is 25.0 Å². The molecule has 2 aromatic carbocycles. The quantitative estimate of drug-likeness (QED) is 0.0451. The zero-order valence-electron chi connectivity index (χ0n) is 34.6. The molecule has 60 heavy (non-hydrogen) atoms. The Kier molecular flexibility index (Phi) is 19.0. The van der Waals surface area contributed by atoms with Crippen LogP contribution in [-0.2, 0) is 47.4 Å². The number of pyridine rings is 1. The minimum Gasteiger partial charge on any atom is -0.494 e. The van der Waals surface area contributed by atoms with Crippen LogP contribution in [0.2, 0.25) is 0 Å². The molecule has 18 nitrogen and oxygen atoms in total. The number of anilines is 1. The second-order valence-corrected chi connectivity index (χ2v) is 15.7. The Morgan fingerprint density at radius 1 is 0.917 bits per heavy atom. The number of aryl methyl sites for hydroxylation is 3. The Bertz CT molecular complexity index is 2170. The van der Waals surface area contributed by atoms with E-state index in [0.29, 0.717) is 87.3 Å². The summed E-state index contributed by atoms with van der Waals surface area (Å²) in [5.74, 6) is -1.55. The summed E-state index contributed by atoms with van der Waals surface area (Å²) in [4.78, 5) is 57.9. The van der Waals surface area contributed by atoms with Crippen molar-refractivity contribution < 1.29 is 46.9 Å². The van der Waals surface area contributed by atoms with Gasteiger partial charge in [0.2, 0.25) is 21.4 Å². The molecule has 4 rings (SSSR count). The number of nitrogens with zero attached hydrogens (tertiary/aromatic N) is 2. The van der Waals surface area contributed by atoms with Crippen LogP contribution in [0.3, 0.4) is 0 Å². The number of ether oxygens (including phenoxy) is 4. The fourth-order valence-electron chi connectivity index (χ4n) is 6.18. The van der Waals surface area contributed by atoms with E-state index in [-0.39, 0.29) is 34.8 Å². The first-order valence-corrected chi connectivity index (χ1v) is 21.4. The van der Waals surface area contributed by atoms with Gasteiger partial charge in [0.15, 0.2) is 5.95 Å². The molecular formula is C41H57N7O11S. The van der Waals surface area contributed by atoms with Gasteiger partial charge in [0.25, 0.3) is 5.91 Å². The molecule has 0 aliphatic rings. The number of nitrogens with one attached hydrogen (secondary N) is 5. The van der Waals surface area contributed by atoms with Gasteiger partial charge in [-0.1, -0.05) is 19.4 Å². The molecule has 0 radical (unpaired) electrons. The molecular weight excluding hydrogens is 799 g/mol. The largest absolute Gasteiger partial charge is 0.494 e. The highest BCUT2D eigenvalue weighted by molar-refractivity contribution is 7.89. The molecule has 0 spiro atoms. The monoisotopic (exact) mass is 855 g/mol. The van der Waals surface area contributed by atoms with Crippen molar-refractivity contribution in [3.63, 3.8) is 0 Å². The number of carboxylic acid groups (broad SMARTS) is 1. The molecule has 0 bridgehead atoms. The molecule has 19 heteroatoms. The molecule has 0 fully saturated rings. The summed E-state index contributed by atoms with van der Waals surface area (Å²) in [5, 5.41) is 18.6. The molecule has 4 aromatic rings. The number of hydrogen-bond acceptors (Lipinski definition) is 12. The van der Waals surface area contributed by atoms with Gasteiger partial charge >= 0.3 is 5.97 Å². The number of fused-ring (bicyclic) bond motifs is 1. The highest BCUT2D eigenvalue weighted by Gasteiger charge is 2.29. The number of unbranched alkanes of at least 4 members (excludes halogenated alkanes) is 1. The Balaban J connectivity index is 1.21. The molecule has 0 unspecified atom stereocenters. The Morgan fingerprint density at radius 3 is 2.25 bits per heavy atom. The van der Waals surface area contributed by atoms with Crippen LogP contribution in [-0.4, -0.2) is 111 Å². The van der Waals surface area contributed by atoms with Crippen molar-refractivity contribution in [2.75, 3.05) is 64.7 Å². The van der Waals surface area contributed by atoms with E-state index in [4.69, 9.17) is 18.9 Å². The molecule has 0 aliphatic heterocycles. The highest BCUT2D eigenvalue weighted by atomic mass is 32.2. The number of sulfonamides is 1. The second-order valence-electron chi connectivity index (χ2n) is 14.1. The van der Waals surface area contributed by atoms with Crippen molar-refractivity contribution in [3.05, 3.63) is 81.4 Å². The molecule has 2 amide bonds. The van der Waals surface area contributed by atoms with Crippen LogP contribution in [0.25, 0.3) is 10.9 Å². The first-order valence-electron chi connectivity index (χ1n) is 19.9. The van der Waals surface area contributed by atoms with E-state index in [1.54, 1.807) is 56.1 Å². The third-order valence-corrected chi connectivity index (χ3v) is 11.0. The number of rotatable bonds is 28. The van der Waals surface area contributed by atoms with Gasteiger partial charge in [-0.2, -0.15) is 4.72 Å².